The quantitative estimate of drug-likeness (QED) is 0.877. The first kappa shape index (κ1) is 17.4. The lowest BCUT2D eigenvalue weighted by Crippen LogP contribution is -2.41. The maximum absolute atomic E-state index is 14.3. The van der Waals surface area contributed by atoms with Crippen LogP contribution in [0.4, 0.5) is 9.18 Å². The van der Waals surface area contributed by atoms with Crippen LogP contribution in [0.15, 0.2) is 54.6 Å². The number of amides is 2. The molecule has 3 rings (SSSR count). The Labute approximate surface area is 147 Å². The van der Waals surface area contributed by atoms with Crippen molar-refractivity contribution in [3.63, 3.8) is 0 Å². The molecule has 2 amide bonds. The van der Waals surface area contributed by atoms with Crippen LogP contribution in [0.2, 0.25) is 0 Å². The molecule has 132 valence electrons. The lowest BCUT2D eigenvalue weighted by molar-refractivity contribution is 0.194. The maximum Gasteiger partial charge on any atom is 0.317 e. The smallest absolute Gasteiger partial charge is 0.317 e. The van der Waals surface area contributed by atoms with E-state index in [1.165, 1.54) is 6.07 Å². The van der Waals surface area contributed by atoms with Crippen molar-refractivity contribution >= 4 is 6.03 Å². The Morgan fingerprint density at radius 2 is 1.92 bits per heavy atom. The van der Waals surface area contributed by atoms with Crippen molar-refractivity contribution in [2.24, 2.45) is 5.92 Å². The van der Waals surface area contributed by atoms with E-state index in [4.69, 9.17) is 0 Å². The maximum atomic E-state index is 14.3. The summed E-state index contributed by atoms with van der Waals surface area (Å²) in [5, 5.41) is 12.2. The molecule has 25 heavy (non-hydrogen) atoms. The molecule has 1 aliphatic rings. The first-order valence-corrected chi connectivity index (χ1v) is 8.62. The zero-order valence-corrected chi connectivity index (χ0v) is 14.1. The van der Waals surface area contributed by atoms with Crippen molar-refractivity contribution in [3.8, 4) is 0 Å². The highest BCUT2D eigenvalue weighted by Gasteiger charge is 2.28. The number of rotatable bonds is 5. The van der Waals surface area contributed by atoms with Gasteiger partial charge < -0.3 is 15.3 Å². The summed E-state index contributed by atoms with van der Waals surface area (Å²) in [6, 6.07) is 15.6. The van der Waals surface area contributed by atoms with E-state index in [0.29, 0.717) is 25.1 Å². The van der Waals surface area contributed by atoms with Gasteiger partial charge >= 0.3 is 6.03 Å². The summed E-state index contributed by atoms with van der Waals surface area (Å²) >= 11 is 0. The molecule has 1 saturated heterocycles. The first-order valence-electron chi connectivity index (χ1n) is 8.62. The lowest BCUT2D eigenvalue weighted by Gasteiger charge is -2.24. The number of urea groups is 1. The van der Waals surface area contributed by atoms with E-state index < -0.39 is 6.04 Å². The van der Waals surface area contributed by atoms with Crippen LogP contribution in [0, 0.1) is 11.7 Å². The number of hydrogen-bond acceptors (Lipinski definition) is 2. The number of benzene rings is 2. The third-order valence-corrected chi connectivity index (χ3v) is 4.69. The average Bonchev–Trinajstić information content (AvgIpc) is 3.12. The minimum Gasteiger partial charge on any atom is -0.396 e. The Kier molecular flexibility index (Phi) is 5.66. The normalized spacial score (nSPS) is 18.2. The van der Waals surface area contributed by atoms with Crippen LogP contribution >= 0.6 is 0 Å². The highest BCUT2D eigenvalue weighted by atomic mass is 19.1. The predicted molar refractivity (Wildman–Crippen MR) is 94.6 cm³/mol. The second kappa shape index (κ2) is 8.12. The molecule has 1 heterocycles. The Morgan fingerprint density at radius 1 is 1.20 bits per heavy atom. The molecular formula is C20H23FN2O2. The second-order valence-electron chi connectivity index (χ2n) is 6.50. The van der Waals surface area contributed by atoms with Crippen LogP contribution in [0.3, 0.4) is 0 Å². The molecule has 0 unspecified atom stereocenters. The number of aliphatic hydroxyl groups is 1. The minimum atomic E-state index is -0.440. The number of aliphatic hydroxyl groups excluding tert-OH is 1. The third kappa shape index (κ3) is 4.37. The Balaban J connectivity index is 1.77. The van der Waals surface area contributed by atoms with Crippen molar-refractivity contribution in [2.75, 3.05) is 19.7 Å². The highest BCUT2D eigenvalue weighted by molar-refractivity contribution is 5.75. The molecule has 0 aromatic heterocycles. The summed E-state index contributed by atoms with van der Waals surface area (Å²) in [7, 11) is 0. The van der Waals surface area contributed by atoms with Crippen LogP contribution in [0.25, 0.3) is 0 Å². The molecule has 0 saturated carbocycles. The van der Waals surface area contributed by atoms with Gasteiger partial charge in [0.1, 0.15) is 5.82 Å². The van der Waals surface area contributed by atoms with E-state index in [1.54, 1.807) is 23.1 Å². The Morgan fingerprint density at radius 3 is 2.60 bits per heavy atom. The minimum absolute atomic E-state index is 0.0878. The number of nitrogens with one attached hydrogen (secondary N) is 1. The molecule has 0 aliphatic carbocycles. The zero-order valence-electron chi connectivity index (χ0n) is 14.1. The lowest BCUT2D eigenvalue weighted by atomic mass is 9.98. The summed E-state index contributed by atoms with van der Waals surface area (Å²) < 4.78 is 14.3. The fourth-order valence-electron chi connectivity index (χ4n) is 3.25. The molecule has 2 aromatic carbocycles. The molecule has 5 heteroatoms. The third-order valence-electron chi connectivity index (χ3n) is 4.69. The topological polar surface area (TPSA) is 52.6 Å². The van der Waals surface area contributed by atoms with Crippen molar-refractivity contribution in [1.29, 1.82) is 0 Å². The van der Waals surface area contributed by atoms with Gasteiger partial charge in [-0.3, -0.25) is 0 Å². The molecule has 1 fully saturated rings. The summed E-state index contributed by atoms with van der Waals surface area (Å²) in [5.74, 6) is -0.190. The summed E-state index contributed by atoms with van der Waals surface area (Å²) in [4.78, 5) is 14.3. The monoisotopic (exact) mass is 342 g/mol. The molecule has 2 atom stereocenters. The van der Waals surface area contributed by atoms with Gasteiger partial charge in [-0.05, 0) is 24.5 Å². The van der Waals surface area contributed by atoms with Gasteiger partial charge in [-0.15, -0.1) is 0 Å². The van der Waals surface area contributed by atoms with Crippen molar-refractivity contribution in [3.05, 3.63) is 71.5 Å². The van der Waals surface area contributed by atoms with Gasteiger partial charge in [0.25, 0.3) is 0 Å². The number of nitrogens with zero attached hydrogens (tertiary/aromatic N) is 1. The zero-order chi connectivity index (χ0) is 17.6. The molecule has 2 N–H and O–H groups in total. The van der Waals surface area contributed by atoms with Crippen molar-refractivity contribution in [2.45, 2.75) is 18.9 Å². The van der Waals surface area contributed by atoms with E-state index in [-0.39, 0.29) is 24.4 Å². The van der Waals surface area contributed by atoms with Gasteiger partial charge in [-0.2, -0.15) is 0 Å². The van der Waals surface area contributed by atoms with Crippen LogP contribution in [0.5, 0.6) is 0 Å². The second-order valence-corrected chi connectivity index (χ2v) is 6.50. The van der Waals surface area contributed by atoms with E-state index in [9.17, 15) is 14.3 Å². The number of carbonyl (C=O) groups is 1. The Hall–Kier alpha value is -2.40. The van der Waals surface area contributed by atoms with Crippen LogP contribution in [-0.4, -0.2) is 35.7 Å². The number of likely N-dealkylation sites (tertiary alicyclic amines) is 1. The average molecular weight is 342 g/mol. The number of carbonyl (C=O) groups excluding carboxylic acids is 1. The van der Waals surface area contributed by atoms with Crippen LogP contribution < -0.4 is 5.32 Å². The Bertz CT molecular complexity index is 708. The summed E-state index contributed by atoms with van der Waals surface area (Å²) in [6.07, 6.45) is 1.32. The highest BCUT2D eigenvalue weighted by Crippen LogP contribution is 2.23. The van der Waals surface area contributed by atoms with Gasteiger partial charge in [0.2, 0.25) is 0 Å². The van der Waals surface area contributed by atoms with Gasteiger partial charge in [-0.1, -0.05) is 48.5 Å². The fourth-order valence-corrected chi connectivity index (χ4v) is 3.25. The van der Waals surface area contributed by atoms with Gasteiger partial charge in [0, 0.05) is 31.2 Å². The van der Waals surface area contributed by atoms with E-state index in [2.05, 4.69) is 5.32 Å². The van der Waals surface area contributed by atoms with Crippen LogP contribution in [-0.2, 0) is 6.42 Å². The van der Waals surface area contributed by atoms with E-state index in [1.807, 2.05) is 30.3 Å². The number of hydrogen-bond donors (Lipinski definition) is 2. The summed E-state index contributed by atoms with van der Waals surface area (Å²) in [5.41, 5.74) is 1.52. The largest absolute Gasteiger partial charge is 0.396 e. The van der Waals surface area contributed by atoms with Crippen molar-refractivity contribution < 1.29 is 14.3 Å². The van der Waals surface area contributed by atoms with Crippen molar-refractivity contribution in [1.82, 2.24) is 10.2 Å². The number of halogens is 1. The van der Waals surface area contributed by atoms with Crippen LogP contribution in [0.1, 0.15) is 23.6 Å². The van der Waals surface area contributed by atoms with Gasteiger partial charge in [0.05, 0.1) is 6.04 Å². The van der Waals surface area contributed by atoms with E-state index >= 15 is 0 Å². The van der Waals surface area contributed by atoms with Gasteiger partial charge in [-0.25, -0.2) is 9.18 Å². The fraction of sp³-hybridized carbons (Fsp3) is 0.350. The molecule has 2 aromatic rings. The molecular weight excluding hydrogens is 319 g/mol. The predicted octanol–water partition coefficient (Wildman–Crippen LogP) is 3.13. The summed E-state index contributed by atoms with van der Waals surface area (Å²) in [6.45, 7) is 1.24. The first-order chi connectivity index (χ1) is 12.2. The van der Waals surface area contributed by atoms with E-state index in [0.717, 1.165) is 12.0 Å². The molecule has 0 radical (unpaired) electrons. The molecule has 0 spiro atoms. The molecule has 0 bridgehead atoms. The molecule has 1 aliphatic heterocycles. The van der Waals surface area contributed by atoms with Gasteiger partial charge in [0.15, 0.2) is 0 Å². The SMILES string of the molecule is O=C(N[C@@H](Cc1ccccc1)c1ccccc1F)N1CC[C@@H](CO)C1. The molecule has 4 nitrogen and oxygen atoms in total. The standard InChI is InChI=1S/C20H23FN2O2/c21-18-9-5-4-8-17(18)19(12-15-6-2-1-3-7-15)22-20(25)23-11-10-16(13-23)14-24/h1-9,16,19,24H,10-14H2,(H,22,25)/t16-,19+/m1/s1.